The van der Waals surface area contributed by atoms with Crippen LogP contribution in [0.5, 0.6) is 0 Å². The van der Waals surface area contributed by atoms with Gasteiger partial charge in [0.2, 0.25) is 5.82 Å². The van der Waals surface area contributed by atoms with Gasteiger partial charge < -0.3 is 0 Å². The molecule has 0 N–H and O–H groups in total. The highest BCUT2D eigenvalue weighted by molar-refractivity contribution is 5.61. The molecule has 3 rings (SSSR count). The lowest BCUT2D eigenvalue weighted by molar-refractivity contribution is 0.0309. The number of alkyl halides is 2. The lowest BCUT2D eigenvalue weighted by atomic mass is 10.0. The van der Waals surface area contributed by atoms with E-state index < -0.39 is 11.7 Å². The van der Waals surface area contributed by atoms with Crippen LogP contribution in [0.4, 0.5) is 8.78 Å². The van der Waals surface area contributed by atoms with Crippen LogP contribution in [0, 0.1) is 6.92 Å². The molecule has 0 aliphatic carbocycles. The number of nitrogens with zero attached hydrogens (tertiary/aromatic N) is 7. The van der Waals surface area contributed by atoms with Crippen molar-refractivity contribution >= 4 is 17.9 Å². The Morgan fingerprint density at radius 2 is 2.07 bits per heavy atom. The maximum Gasteiger partial charge on any atom is 0.333 e. The molecule has 0 saturated heterocycles. The second-order valence-electron chi connectivity index (χ2n) is 6.43. The summed E-state index contributed by atoms with van der Waals surface area (Å²) in [5, 5.41) is 17.4. The Morgan fingerprint density at radius 1 is 1.27 bits per heavy atom. The highest BCUT2D eigenvalue weighted by atomic mass is 19.3. The van der Waals surface area contributed by atoms with E-state index in [2.05, 4.69) is 38.5 Å². The minimum Gasteiger partial charge on any atom is -0.277 e. The van der Waals surface area contributed by atoms with E-state index in [0.717, 1.165) is 10.6 Å². The normalized spacial score (nSPS) is 12.5. The molecular formula is C21H21F2N7. The molecule has 0 unspecified atom stereocenters. The fourth-order valence-electron chi connectivity index (χ4n) is 2.67. The first kappa shape index (κ1) is 21.0. The predicted molar refractivity (Wildman–Crippen MR) is 112 cm³/mol. The van der Waals surface area contributed by atoms with Crippen molar-refractivity contribution in [3.63, 3.8) is 0 Å². The van der Waals surface area contributed by atoms with E-state index in [1.54, 1.807) is 56.8 Å². The smallest absolute Gasteiger partial charge is 0.277 e. The molecule has 3 aromatic rings. The molecule has 9 heteroatoms. The molecule has 7 nitrogen and oxygen atoms in total. The number of pyridine rings is 1. The van der Waals surface area contributed by atoms with Crippen LogP contribution in [0.15, 0.2) is 66.6 Å². The Labute approximate surface area is 172 Å². The molecule has 0 saturated carbocycles. The summed E-state index contributed by atoms with van der Waals surface area (Å²) in [6.45, 7) is 8.89. The molecule has 0 aliphatic heterocycles. The molecule has 0 fully saturated rings. The molecule has 0 aliphatic rings. The fourth-order valence-corrected chi connectivity index (χ4v) is 2.67. The zero-order valence-electron chi connectivity index (χ0n) is 16.7. The summed E-state index contributed by atoms with van der Waals surface area (Å²) in [6, 6.07) is 6.67. The maximum atomic E-state index is 15.4. The van der Waals surface area contributed by atoms with Gasteiger partial charge in [0.15, 0.2) is 5.65 Å². The second-order valence-corrected chi connectivity index (χ2v) is 6.43. The molecule has 3 heterocycles. The maximum absolute atomic E-state index is 15.4. The molecule has 0 atom stereocenters. The minimum atomic E-state index is -3.47. The Bertz CT molecular complexity index is 1130. The number of aryl methyl sites for hydroxylation is 1. The topological polar surface area (TPSA) is 71.6 Å². The van der Waals surface area contributed by atoms with Crippen molar-refractivity contribution in [3.05, 3.63) is 84.2 Å². The quantitative estimate of drug-likeness (QED) is 0.322. The number of fused-ring (bicyclic) bond motifs is 1. The van der Waals surface area contributed by atoms with Gasteiger partial charge in [-0.25, -0.2) is 0 Å². The highest BCUT2D eigenvalue weighted by Crippen LogP contribution is 2.36. The standard InChI is InChI=1S/C21H21F2N7/c1-5-17(14-16-8-7-12-24-15(16)3)21(22,23)20-27-26-19-10-9-18(28-30(19)20)11-13-25-29(4)6-2/h5-10,12-14H,1-2,11H2,3-4H3/b17-14+,25-13-. The highest BCUT2D eigenvalue weighted by Gasteiger charge is 2.40. The number of hydrogen-bond acceptors (Lipinski definition) is 6. The Morgan fingerprint density at radius 3 is 2.77 bits per heavy atom. The van der Waals surface area contributed by atoms with Crippen LogP contribution < -0.4 is 0 Å². The first-order chi connectivity index (χ1) is 14.4. The Hall–Kier alpha value is -3.75. The third-order valence-electron chi connectivity index (χ3n) is 4.37. The third kappa shape index (κ3) is 4.29. The van der Waals surface area contributed by atoms with Crippen molar-refractivity contribution in [2.24, 2.45) is 5.10 Å². The lowest BCUT2D eigenvalue weighted by Crippen LogP contribution is -2.21. The van der Waals surface area contributed by atoms with Gasteiger partial charge in [-0.2, -0.15) is 23.5 Å². The van der Waals surface area contributed by atoms with Gasteiger partial charge in [0, 0.05) is 43.3 Å². The number of halogens is 2. The number of hydrogen-bond donors (Lipinski definition) is 0. The zero-order valence-corrected chi connectivity index (χ0v) is 16.7. The minimum absolute atomic E-state index is 0.217. The molecule has 30 heavy (non-hydrogen) atoms. The summed E-state index contributed by atoms with van der Waals surface area (Å²) in [7, 11) is 1.73. The van der Waals surface area contributed by atoms with E-state index in [0.29, 0.717) is 23.4 Å². The average Bonchev–Trinajstić information content (AvgIpc) is 3.17. The van der Waals surface area contributed by atoms with Gasteiger partial charge in [0.05, 0.1) is 5.69 Å². The van der Waals surface area contributed by atoms with Crippen LogP contribution in [0.25, 0.3) is 11.7 Å². The van der Waals surface area contributed by atoms with Crippen LogP contribution in [0.1, 0.15) is 22.8 Å². The van der Waals surface area contributed by atoms with Crippen molar-refractivity contribution in [2.45, 2.75) is 19.3 Å². The predicted octanol–water partition coefficient (Wildman–Crippen LogP) is 3.79. The van der Waals surface area contributed by atoms with Gasteiger partial charge in [-0.3, -0.25) is 9.99 Å². The summed E-state index contributed by atoms with van der Waals surface area (Å²) < 4.78 is 31.8. The first-order valence-corrected chi connectivity index (χ1v) is 9.10. The molecule has 3 aromatic heterocycles. The zero-order chi connectivity index (χ0) is 21.7. The monoisotopic (exact) mass is 409 g/mol. The molecule has 0 spiro atoms. The summed E-state index contributed by atoms with van der Waals surface area (Å²) in [5.41, 5.74) is 1.62. The van der Waals surface area contributed by atoms with E-state index in [9.17, 15) is 0 Å². The Balaban J connectivity index is 2.00. The fraction of sp³-hybridized carbons (Fsp3) is 0.190. The van der Waals surface area contributed by atoms with Crippen molar-refractivity contribution < 1.29 is 8.78 Å². The van der Waals surface area contributed by atoms with E-state index in [1.165, 1.54) is 11.1 Å². The van der Waals surface area contributed by atoms with Gasteiger partial charge in [-0.15, -0.1) is 10.2 Å². The van der Waals surface area contributed by atoms with Gasteiger partial charge >= 0.3 is 5.92 Å². The van der Waals surface area contributed by atoms with Crippen molar-refractivity contribution in [2.75, 3.05) is 7.05 Å². The van der Waals surface area contributed by atoms with Gasteiger partial charge in [0.25, 0.3) is 0 Å². The largest absolute Gasteiger partial charge is 0.333 e. The number of hydrazone groups is 1. The third-order valence-corrected chi connectivity index (χ3v) is 4.37. The molecular weight excluding hydrogens is 388 g/mol. The van der Waals surface area contributed by atoms with E-state index in [4.69, 9.17) is 0 Å². The number of allylic oxidation sites excluding steroid dienone is 2. The van der Waals surface area contributed by atoms with Crippen LogP contribution in [0.2, 0.25) is 0 Å². The van der Waals surface area contributed by atoms with Crippen LogP contribution >= 0.6 is 0 Å². The van der Waals surface area contributed by atoms with E-state index in [-0.39, 0.29) is 11.2 Å². The van der Waals surface area contributed by atoms with Gasteiger partial charge in [-0.1, -0.05) is 25.3 Å². The second kappa shape index (κ2) is 8.73. The van der Waals surface area contributed by atoms with Crippen molar-refractivity contribution in [1.29, 1.82) is 0 Å². The summed E-state index contributed by atoms with van der Waals surface area (Å²) in [4.78, 5) is 4.13. The Kier molecular flexibility index (Phi) is 6.10. The number of aromatic nitrogens is 5. The SMILES string of the molecule is C=C/C(=C\c1cccnc1C)C(F)(F)c1nnc2ccc(C/C=N\N(C)C=C)nn12. The average molecular weight is 409 g/mol. The molecule has 0 aromatic carbocycles. The van der Waals surface area contributed by atoms with Crippen molar-refractivity contribution in [3.8, 4) is 0 Å². The lowest BCUT2D eigenvalue weighted by Gasteiger charge is -2.16. The summed E-state index contributed by atoms with van der Waals surface area (Å²) >= 11 is 0. The molecule has 0 radical (unpaired) electrons. The van der Waals surface area contributed by atoms with E-state index >= 15 is 8.78 Å². The molecule has 0 amide bonds. The van der Waals surface area contributed by atoms with Gasteiger partial charge in [-0.05, 0) is 36.8 Å². The molecule has 154 valence electrons. The summed E-state index contributed by atoms with van der Waals surface area (Å²) in [5.74, 6) is -4.06. The first-order valence-electron chi connectivity index (χ1n) is 9.10. The van der Waals surface area contributed by atoms with Crippen LogP contribution in [0.3, 0.4) is 0 Å². The van der Waals surface area contributed by atoms with E-state index in [1.807, 2.05) is 0 Å². The van der Waals surface area contributed by atoms with Gasteiger partial charge in [0.1, 0.15) is 0 Å². The number of rotatable bonds is 8. The molecule has 0 bridgehead atoms. The summed E-state index contributed by atoms with van der Waals surface area (Å²) in [6.07, 6.45) is 7.55. The van der Waals surface area contributed by atoms with Crippen LogP contribution in [-0.4, -0.2) is 43.1 Å². The van der Waals surface area contributed by atoms with Crippen LogP contribution in [-0.2, 0) is 12.3 Å². The van der Waals surface area contributed by atoms with Crippen molar-refractivity contribution in [1.82, 2.24) is 29.8 Å².